The van der Waals surface area contributed by atoms with E-state index in [2.05, 4.69) is 17.2 Å². The molecule has 10 heteroatoms. The zero-order valence-corrected chi connectivity index (χ0v) is 24.8. The molecule has 4 aromatic rings. The van der Waals surface area contributed by atoms with E-state index < -0.39 is 11.0 Å². The van der Waals surface area contributed by atoms with Crippen LogP contribution in [0.1, 0.15) is 59.4 Å². The van der Waals surface area contributed by atoms with Gasteiger partial charge in [0.05, 0.1) is 22.7 Å². The SMILES string of the molecule is CCCCS(=O)N1Cc2cc(C(=O)NCc3ccc4c(c3)OCO4)nc(-c3cccc(-c4cccnc4)c3)c2[C@H]1CCO. The molecule has 2 aromatic carbocycles. The summed E-state index contributed by atoms with van der Waals surface area (Å²) < 4.78 is 26.2. The molecule has 0 saturated carbocycles. The molecule has 2 aliphatic heterocycles. The van der Waals surface area contributed by atoms with Crippen molar-refractivity contribution in [1.29, 1.82) is 0 Å². The molecule has 0 fully saturated rings. The number of carbonyl (C=O) groups is 1. The van der Waals surface area contributed by atoms with Crippen LogP contribution in [-0.4, -0.2) is 48.6 Å². The van der Waals surface area contributed by atoms with E-state index in [0.29, 0.717) is 42.5 Å². The normalized spacial score (nSPS) is 16.2. The van der Waals surface area contributed by atoms with E-state index in [9.17, 15) is 14.1 Å². The topological polar surface area (TPSA) is 114 Å². The molecule has 2 N–H and O–H groups in total. The van der Waals surface area contributed by atoms with Gasteiger partial charge < -0.3 is 19.9 Å². The van der Waals surface area contributed by atoms with E-state index in [1.807, 2.05) is 65.1 Å². The number of rotatable bonds is 11. The summed E-state index contributed by atoms with van der Waals surface area (Å²) in [7, 11) is -1.23. The Morgan fingerprint density at radius 1 is 1.07 bits per heavy atom. The van der Waals surface area contributed by atoms with Crippen molar-refractivity contribution < 1.29 is 23.6 Å². The van der Waals surface area contributed by atoms with Crippen LogP contribution in [-0.2, 0) is 24.1 Å². The summed E-state index contributed by atoms with van der Waals surface area (Å²) in [6.07, 6.45) is 5.75. The maximum atomic E-state index is 13.5. The number of hydrogen-bond acceptors (Lipinski definition) is 7. The first-order valence-electron chi connectivity index (χ1n) is 14.5. The third kappa shape index (κ3) is 6.17. The number of nitrogens with one attached hydrogen (secondary N) is 1. The van der Waals surface area contributed by atoms with Crippen LogP contribution < -0.4 is 14.8 Å². The van der Waals surface area contributed by atoms with Crippen molar-refractivity contribution >= 4 is 16.9 Å². The number of unbranched alkanes of at least 4 members (excludes halogenated alkanes) is 1. The summed E-state index contributed by atoms with van der Waals surface area (Å²) in [6.45, 7) is 2.91. The molecule has 1 amide bonds. The van der Waals surface area contributed by atoms with Crippen molar-refractivity contribution in [2.45, 2.75) is 45.3 Å². The molecular formula is C33H34N4O5S. The molecule has 2 atom stereocenters. The minimum absolute atomic E-state index is 0.0570. The molecule has 0 saturated heterocycles. The van der Waals surface area contributed by atoms with Crippen molar-refractivity contribution in [3.05, 3.63) is 95.4 Å². The number of carbonyl (C=O) groups excluding carboxylic acids is 1. The van der Waals surface area contributed by atoms with Crippen molar-refractivity contribution in [3.8, 4) is 33.9 Å². The summed E-state index contributed by atoms with van der Waals surface area (Å²) in [5.41, 5.74) is 6.40. The van der Waals surface area contributed by atoms with Crippen molar-refractivity contribution in [3.63, 3.8) is 0 Å². The molecule has 2 aromatic heterocycles. The Balaban J connectivity index is 1.37. The van der Waals surface area contributed by atoms with E-state index in [0.717, 1.165) is 46.2 Å². The Bertz CT molecular complexity index is 1650. The number of ether oxygens (including phenoxy) is 2. The average Bonchev–Trinajstić information content (AvgIpc) is 3.67. The van der Waals surface area contributed by atoms with Gasteiger partial charge in [-0.25, -0.2) is 13.5 Å². The number of aromatic nitrogens is 2. The Kier molecular flexibility index (Phi) is 8.78. The molecule has 0 spiro atoms. The maximum absolute atomic E-state index is 13.5. The van der Waals surface area contributed by atoms with E-state index in [-0.39, 0.29) is 31.0 Å². The highest BCUT2D eigenvalue weighted by atomic mass is 32.2. The number of amides is 1. The predicted octanol–water partition coefficient (Wildman–Crippen LogP) is 5.17. The first kappa shape index (κ1) is 29.0. The lowest BCUT2D eigenvalue weighted by molar-refractivity contribution is 0.0945. The zero-order chi connectivity index (χ0) is 29.8. The number of pyridine rings is 2. The van der Waals surface area contributed by atoms with Crippen LogP contribution >= 0.6 is 0 Å². The molecule has 0 radical (unpaired) electrons. The number of benzene rings is 2. The molecule has 1 unspecified atom stereocenters. The van der Waals surface area contributed by atoms with Gasteiger partial charge in [-0.2, -0.15) is 0 Å². The molecule has 222 valence electrons. The predicted molar refractivity (Wildman–Crippen MR) is 165 cm³/mol. The number of aliphatic hydroxyl groups excluding tert-OH is 1. The second kappa shape index (κ2) is 13.0. The lowest BCUT2D eigenvalue weighted by Crippen LogP contribution is -2.27. The van der Waals surface area contributed by atoms with Crippen LogP contribution in [0.3, 0.4) is 0 Å². The summed E-state index contributed by atoms with van der Waals surface area (Å²) in [6, 6.07) is 19.0. The van der Waals surface area contributed by atoms with Crippen LogP contribution in [0.15, 0.2) is 73.1 Å². The van der Waals surface area contributed by atoms with E-state index in [1.165, 1.54) is 0 Å². The van der Waals surface area contributed by atoms with Gasteiger partial charge in [0.1, 0.15) is 5.69 Å². The van der Waals surface area contributed by atoms with Crippen molar-refractivity contribution in [2.24, 2.45) is 0 Å². The maximum Gasteiger partial charge on any atom is 0.270 e. The van der Waals surface area contributed by atoms with Crippen LogP contribution in [0.5, 0.6) is 11.5 Å². The van der Waals surface area contributed by atoms with Gasteiger partial charge in [-0.1, -0.05) is 43.7 Å². The summed E-state index contributed by atoms with van der Waals surface area (Å²) >= 11 is 0. The Hall–Kier alpha value is -4.12. The fourth-order valence-corrected chi connectivity index (χ4v) is 7.13. The van der Waals surface area contributed by atoms with Crippen LogP contribution in [0.25, 0.3) is 22.4 Å². The van der Waals surface area contributed by atoms with Gasteiger partial charge >= 0.3 is 0 Å². The van der Waals surface area contributed by atoms with E-state index >= 15 is 0 Å². The number of aliphatic hydroxyl groups is 1. The molecule has 9 nitrogen and oxygen atoms in total. The smallest absolute Gasteiger partial charge is 0.270 e. The molecule has 6 rings (SSSR count). The summed E-state index contributed by atoms with van der Waals surface area (Å²) in [4.78, 5) is 22.7. The molecule has 2 aliphatic rings. The van der Waals surface area contributed by atoms with Gasteiger partial charge in [-0.3, -0.25) is 9.78 Å². The highest BCUT2D eigenvalue weighted by Gasteiger charge is 2.37. The standard InChI is InChI=1S/C33H34N4O5S/c1-2-3-14-43(40)37-20-26-17-27(33(39)35-18-22-9-10-29-30(15-22)42-21-41-29)36-32(31(26)28(37)11-13-38)24-7-4-6-23(16-24)25-8-5-12-34-19-25/h4-10,12,15-17,19,28,38H,2-3,11,13-14,18,20-21H2,1H3,(H,35,39)/t28-,43?/m1/s1. The van der Waals surface area contributed by atoms with Gasteiger partial charge in [0.25, 0.3) is 5.91 Å². The number of fused-ring (bicyclic) bond motifs is 2. The minimum Gasteiger partial charge on any atom is -0.454 e. The first-order valence-corrected chi connectivity index (χ1v) is 15.8. The minimum atomic E-state index is -1.23. The van der Waals surface area contributed by atoms with E-state index in [4.69, 9.17) is 14.5 Å². The Labute approximate surface area is 253 Å². The highest BCUT2D eigenvalue weighted by molar-refractivity contribution is 7.82. The summed E-state index contributed by atoms with van der Waals surface area (Å²) in [5, 5.41) is 13.0. The fourth-order valence-electron chi connectivity index (χ4n) is 5.58. The van der Waals surface area contributed by atoms with Crippen LogP contribution in [0.2, 0.25) is 0 Å². The van der Waals surface area contributed by atoms with Crippen LogP contribution in [0.4, 0.5) is 0 Å². The molecule has 0 aliphatic carbocycles. The largest absolute Gasteiger partial charge is 0.454 e. The second-order valence-electron chi connectivity index (χ2n) is 10.6. The van der Waals surface area contributed by atoms with Gasteiger partial charge in [-0.15, -0.1) is 0 Å². The quantitative estimate of drug-likeness (QED) is 0.245. The zero-order valence-electron chi connectivity index (χ0n) is 24.0. The summed E-state index contributed by atoms with van der Waals surface area (Å²) in [5.74, 6) is 1.58. The fraction of sp³-hybridized carbons (Fsp3) is 0.303. The van der Waals surface area contributed by atoms with E-state index in [1.54, 1.807) is 12.3 Å². The highest BCUT2D eigenvalue weighted by Crippen LogP contribution is 2.43. The van der Waals surface area contributed by atoms with Crippen molar-refractivity contribution in [1.82, 2.24) is 19.6 Å². The third-order valence-corrected chi connectivity index (χ3v) is 9.29. The monoisotopic (exact) mass is 598 g/mol. The molecule has 0 bridgehead atoms. The van der Waals surface area contributed by atoms with Gasteiger partial charge in [0.2, 0.25) is 6.79 Å². The lowest BCUT2D eigenvalue weighted by Gasteiger charge is -2.24. The third-order valence-electron chi connectivity index (χ3n) is 7.74. The molecule has 43 heavy (non-hydrogen) atoms. The Morgan fingerprint density at radius 3 is 2.72 bits per heavy atom. The van der Waals surface area contributed by atoms with Crippen molar-refractivity contribution in [2.75, 3.05) is 19.2 Å². The van der Waals surface area contributed by atoms with Crippen LogP contribution in [0, 0.1) is 0 Å². The van der Waals surface area contributed by atoms with Gasteiger partial charge in [-0.05, 0) is 59.9 Å². The van der Waals surface area contributed by atoms with Gasteiger partial charge in [0, 0.05) is 54.5 Å². The lowest BCUT2D eigenvalue weighted by atomic mass is 9.94. The molecule has 4 heterocycles. The average molecular weight is 599 g/mol. The Morgan fingerprint density at radius 2 is 1.91 bits per heavy atom. The second-order valence-corrected chi connectivity index (χ2v) is 12.1. The number of nitrogens with zero attached hydrogens (tertiary/aromatic N) is 3. The first-order chi connectivity index (χ1) is 21.1. The van der Waals surface area contributed by atoms with Gasteiger partial charge in [0.15, 0.2) is 11.5 Å². The molecular weight excluding hydrogens is 564 g/mol. The number of hydrogen-bond donors (Lipinski definition) is 2.